The molecule has 0 amide bonds. The summed E-state index contributed by atoms with van der Waals surface area (Å²) in [6.45, 7) is 0.0211. The first kappa shape index (κ1) is 9.90. The molecular formula is C9H6FN3O. The molecule has 0 aromatic heterocycles. The summed E-state index contributed by atoms with van der Waals surface area (Å²) < 4.78 is 12.5. The van der Waals surface area contributed by atoms with Crippen LogP contribution in [0.15, 0.2) is 23.3 Å². The second kappa shape index (κ2) is 4.75. The maximum atomic E-state index is 12.5. The zero-order valence-electron chi connectivity index (χ0n) is 7.11. The zero-order chi connectivity index (χ0) is 10.4. The lowest BCUT2D eigenvalue weighted by Gasteiger charge is -1.95. The molecule has 0 atom stereocenters. The maximum Gasteiger partial charge on any atom is 0.134 e. The van der Waals surface area contributed by atoms with Crippen LogP contribution < -0.4 is 0 Å². The smallest absolute Gasteiger partial charge is 0.134 e. The largest absolute Gasteiger partial charge is 0.507 e. The molecule has 0 saturated heterocycles. The molecule has 0 spiro atoms. The Morgan fingerprint density at radius 3 is 3.00 bits per heavy atom. The van der Waals surface area contributed by atoms with E-state index < -0.39 is 5.82 Å². The minimum Gasteiger partial charge on any atom is -0.507 e. The van der Waals surface area contributed by atoms with Gasteiger partial charge in [0.25, 0.3) is 0 Å². The van der Waals surface area contributed by atoms with Crippen LogP contribution in [0.1, 0.15) is 5.56 Å². The average molecular weight is 191 g/mol. The molecule has 0 aliphatic rings. The van der Waals surface area contributed by atoms with E-state index in [2.05, 4.69) is 21.9 Å². The van der Waals surface area contributed by atoms with Crippen LogP contribution >= 0.6 is 0 Å². The molecular weight excluding hydrogens is 185 g/mol. The van der Waals surface area contributed by atoms with E-state index in [0.717, 1.165) is 6.07 Å². The normalized spacial score (nSPS) is 8.36. The summed E-state index contributed by atoms with van der Waals surface area (Å²) >= 11 is 0. The van der Waals surface area contributed by atoms with Crippen LogP contribution in [0.5, 0.6) is 5.75 Å². The molecule has 0 aliphatic heterocycles. The number of hydrogen-bond acceptors (Lipinski definition) is 2. The predicted octanol–water partition coefficient (Wildman–Crippen LogP) is 2.19. The van der Waals surface area contributed by atoms with Crippen molar-refractivity contribution in [1.29, 1.82) is 0 Å². The molecule has 0 heterocycles. The van der Waals surface area contributed by atoms with Crippen LogP contribution in [0, 0.1) is 17.7 Å². The second-order valence-corrected chi connectivity index (χ2v) is 2.35. The molecule has 4 nitrogen and oxygen atoms in total. The Balaban J connectivity index is 2.84. The van der Waals surface area contributed by atoms with E-state index in [-0.39, 0.29) is 12.3 Å². The number of benzene rings is 1. The summed E-state index contributed by atoms with van der Waals surface area (Å²) in [6, 6.07) is 3.52. The van der Waals surface area contributed by atoms with E-state index in [1.165, 1.54) is 12.1 Å². The van der Waals surface area contributed by atoms with Crippen molar-refractivity contribution >= 4 is 0 Å². The third kappa shape index (κ3) is 2.70. The van der Waals surface area contributed by atoms with Crippen molar-refractivity contribution in [3.05, 3.63) is 40.0 Å². The molecule has 70 valence electrons. The summed E-state index contributed by atoms with van der Waals surface area (Å²) in [4.78, 5) is 2.50. The van der Waals surface area contributed by atoms with Crippen LogP contribution in [0.4, 0.5) is 4.39 Å². The minimum atomic E-state index is -0.525. The Labute approximate surface area is 79.6 Å². The molecule has 0 saturated carbocycles. The van der Waals surface area contributed by atoms with Gasteiger partial charge in [-0.3, -0.25) is 0 Å². The number of hydrogen-bond donors (Lipinski definition) is 1. The van der Waals surface area contributed by atoms with Crippen LogP contribution in [-0.4, -0.2) is 11.7 Å². The first-order valence-electron chi connectivity index (χ1n) is 3.72. The molecule has 1 aromatic rings. The Hall–Kier alpha value is -2.18. The Bertz CT molecular complexity index is 441. The first-order valence-corrected chi connectivity index (χ1v) is 3.72. The van der Waals surface area contributed by atoms with Crippen LogP contribution in [0.25, 0.3) is 10.4 Å². The highest BCUT2D eigenvalue weighted by Crippen LogP contribution is 2.16. The summed E-state index contributed by atoms with van der Waals surface area (Å²) in [6.07, 6.45) is 0. The van der Waals surface area contributed by atoms with E-state index in [9.17, 15) is 9.50 Å². The van der Waals surface area contributed by atoms with E-state index in [1.54, 1.807) is 0 Å². The number of phenolic OH excluding ortho intramolecular Hbond substituents is 1. The second-order valence-electron chi connectivity index (χ2n) is 2.35. The molecule has 0 unspecified atom stereocenters. The van der Waals surface area contributed by atoms with E-state index in [1.807, 2.05) is 0 Å². The first-order chi connectivity index (χ1) is 6.74. The molecule has 14 heavy (non-hydrogen) atoms. The lowest BCUT2D eigenvalue weighted by atomic mass is 10.2. The Morgan fingerprint density at radius 1 is 1.57 bits per heavy atom. The van der Waals surface area contributed by atoms with Gasteiger partial charge in [0.2, 0.25) is 0 Å². The number of nitrogens with zero attached hydrogens (tertiary/aromatic N) is 3. The van der Waals surface area contributed by atoms with Gasteiger partial charge < -0.3 is 5.11 Å². The minimum absolute atomic E-state index is 0.0211. The van der Waals surface area contributed by atoms with Crippen molar-refractivity contribution in [1.82, 2.24) is 0 Å². The van der Waals surface area contributed by atoms with Gasteiger partial charge in [0.15, 0.2) is 0 Å². The SMILES string of the molecule is [N-]=[N+]=NCC#Cc1ccc(F)cc1O. The summed E-state index contributed by atoms with van der Waals surface area (Å²) in [7, 11) is 0. The van der Waals surface area contributed by atoms with Gasteiger partial charge in [-0.25, -0.2) is 4.39 Å². The topological polar surface area (TPSA) is 69.0 Å². The van der Waals surface area contributed by atoms with Gasteiger partial charge in [-0.2, -0.15) is 0 Å². The van der Waals surface area contributed by atoms with Gasteiger partial charge in [-0.15, -0.1) is 0 Å². The maximum absolute atomic E-state index is 12.5. The molecule has 0 fully saturated rings. The van der Waals surface area contributed by atoms with Gasteiger partial charge in [0, 0.05) is 11.0 Å². The zero-order valence-corrected chi connectivity index (χ0v) is 7.11. The molecule has 0 aliphatic carbocycles. The van der Waals surface area contributed by atoms with Gasteiger partial charge in [0.1, 0.15) is 11.6 Å². The summed E-state index contributed by atoms with van der Waals surface area (Å²) in [5.41, 5.74) is 8.25. The van der Waals surface area contributed by atoms with Crippen molar-refractivity contribution in [2.45, 2.75) is 0 Å². The lowest BCUT2D eigenvalue weighted by molar-refractivity contribution is 0.467. The van der Waals surface area contributed by atoms with Gasteiger partial charge in [0.05, 0.1) is 12.1 Å². The van der Waals surface area contributed by atoms with Crippen LogP contribution in [0.3, 0.4) is 0 Å². The number of halogens is 1. The monoisotopic (exact) mass is 191 g/mol. The molecule has 1 rings (SSSR count). The van der Waals surface area contributed by atoms with Gasteiger partial charge >= 0.3 is 0 Å². The van der Waals surface area contributed by atoms with Crippen molar-refractivity contribution in [2.24, 2.45) is 5.11 Å². The highest BCUT2D eigenvalue weighted by Gasteiger charge is 1.98. The Morgan fingerprint density at radius 2 is 2.36 bits per heavy atom. The highest BCUT2D eigenvalue weighted by molar-refractivity contribution is 5.45. The Kier molecular flexibility index (Phi) is 3.36. The molecule has 5 heteroatoms. The molecule has 0 radical (unpaired) electrons. The summed E-state index contributed by atoms with van der Waals surface area (Å²) in [5.74, 6) is 4.30. The quantitative estimate of drug-likeness (QED) is 0.314. The molecule has 1 aromatic carbocycles. The lowest BCUT2D eigenvalue weighted by Crippen LogP contribution is -1.79. The van der Waals surface area contributed by atoms with Crippen molar-refractivity contribution < 1.29 is 9.50 Å². The third-order valence-electron chi connectivity index (χ3n) is 1.40. The van der Waals surface area contributed by atoms with Crippen LogP contribution in [-0.2, 0) is 0 Å². The highest BCUT2D eigenvalue weighted by atomic mass is 19.1. The standard InChI is InChI=1S/C9H6FN3O/c10-8-4-3-7(9(14)6-8)2-1-5-12-13-11/h3-4,6,14H,5H2. The summed E-state index contributed by atoms with van der Waals surface area (Å²) in [5, 5.41) is 12.4. The fourth-order valence-electron chi connectivity index (χ4n) is 0.812. The molecule has 0 bridgehead atoms. The predicted molar refractivity (Wildman–Crippen MR) is 49.0 cm³/mol. The van der Waals surface area contributed by atoms with Gasteiger partial charge in [-0.1, -0.05) is 17.0 Å². The van der Waals surface area contributed by atoms with E-state index in [0.29, 0.717) is 5.56 Å². The van der Waals surface area contributed by atoms with E-state index >= 15 is 0 Å². The van der Waals surface area contributed by atoms with Crippen LogP contribution in [0.2, 0.25) is 0 Å². The fraction of sp³-hybridized carbons (Fsp3) is 0.111. The number of aromatic hydroxyl groups is 1. The van der Waals surface area contributed by atoms with Gasteiger partial charge in [-0.05, 0) is 17.7 Å². The number of phenols is 1. The molecule has 1 N–H and O–H groups in total. The third-order valence-corrected chi connectivity index (χ3v) is 1.40. The number of rotatable bonds is 1. The van der Waals surface area contributed by atoms with Crippen molar-refractivity contribution in [3.8, 4) is 17.6 Å². The fourth-order valence-corrected chi connectivity index (χ4v) is 0.812. The number of azide groups is 1. The van der Waals surface area contributed by atoms with Crippen molar-refractivity contribution in [2.75, 3.05) is 6.54 Å². The average Bonchev–Trinajstić information content (AvgIpc) is 2.15. The van der Waals surface area contributed by atoms with E-state index in [4.69, 9.17) is 5.53 Å². The van der Waals surface area contributed by atoms with Crippen molar-refractivity contribution in [3.63, 3.8) is 0 Å².